The molecule has 7 heteroatoms. The molecule has 0 unspecified atom stereocenters. The van der Waals surface area contributed by atoms with Gasteiger partial charge in [-0.1, -0.05) is 0 Å². The van der Waals surface area contributed by atoms with Crippen molar-refractivity contribution in [2.75, 3.05) is 40.0 Å². The van der Waals surface area contributed by atoms with E-state index in [0.717, 1.165) is 56.5 Å². The monoisotopic (exact) mass is 468 g/mol. The van der Waals surface area contributed by atoms with Crippen LogP contribution in [0.3, 0.4) is 0 Å². The Morgan fingerprint density at radius 2 is 1.56 bits per heavy atom. The van der Waals surface area contributed by atoms with Crippen molar-refractivity contribution in [2.24, 2.45) is 0 Å². The van der Waals surface area contributed by atoms with E-state index in [1.165, 1.54) is 6.42 Å². The maximum Gasteiger partial charge on any atom is 0.253 e. The van der Waals surface area contributed by atoms with E-state index in [2.05, 4.69) is 0 Å². The van der Waals surface area contributed by atoms with Gasteiger partial charge in [0, 0.05) is 24.2 Å². The molecule has 0 spiro atoms. The number of benzene rings is 2. The first-order valence-corrected chi connectivity index (χ1v) is 12.2. The summed E-state index contributed by atoms with van der Waals surface area (Å²) in [4.78, 5) is 14.6. The third-order valence-corrected chi connectivity index (χ3v) is 5.77. The lowest BCUT2D eigenvalue weighted by Crippen LogP contribution is -2.35. The van der Waals surface area contributed by atoms with E-state index in [-0.39, 0.29) is 11.8 Å². The zero-order valence-corrected chi connectivity index (χ0v) is 20.3. The molecule has 1 N–H and O–H groups in total. The lowest BCUT2D eigenvalue weighted by molar-refractivity contribution is 0.0724. The molecule has 184 valence electrons. The van der Waals surface area contributed by atoms with Crippen LogP contribution >= 0.6 is 0 Å². The van der Waals surface area contributed by atoms with Crippen LogP contribution in [-0.2, 0) is 4.74 Å². The Labute approximate surface area is 202 Å². The van der Waals surface area contributed by atoms with Crippen LogP contribution in [-0.4, -0.2) is 56.7 Å². The van der Waals surface area contributed by atoms with Crippen molar-refractivity contribution in [2.45, 2.75) is 45.4 Å². The van der Waals surface area contributed by atoms with Crippen LogP contribution in [0.4, 0.5) is 0 Å². The topological polar surface area (TPSA) is 81.1 Å². The van der Waals surface area contributed by atoms with Crippen LogP contribution < -0.4 is 14.2 Å². The second kappa shape index (κ2) is 13.5. The van der Waals surface area contributed by atoms with Gasteiger partial charge in [-0.05, 0) is 87.9 Å². The number of hydrogen-bond donors (Lipinski definition) is 1. The largest absolute Gasteiger partial charge is 0.494 e. The van der Waals surface area contributed by atoms with E-state index in [9.17, 15) is 4.79 Å². The van der Waals surface area contributed by atoms with Gasteiger partial charge in [0.25, 0.3) is 5.91 Å². The smallest absolute Gasteiger partial charge is 0.253 e. The second-order valence-electron chi connectivity index (χ2n) is 8.26. The fraction of sp³-hybridized carbons (Fsp3) is 0.481. The molecule has 2 aromatic carbocycles. The summed E-state index contributed by atoms with van der Waals surface area (Å²) in [6, 6.07) is 12.8. The molecular formula is C27H36N2O5. The minimum atomic E-state index is 0.0618. The van der Waals surface area contributed by atoms with Crippen LogP contribution in [0, 0.1) is 5.41 Å². The molecule has 7 nitrogen and oxygen atoms in total. The molecule has 1 fully saturated rings. The summed E-state index contributed by atoms with van der Waals surface area (Å²) in [6.07, 6.45) is 6.12. The van der Waals surface area contributed by atoms with Gasteiger partial charge in [-0.3, -0.25) is 10.2 Å². The molecule has 3 rings (SSSR count). The predicted octanol–water partition coefficient (Wildman–Crippen LogP) is 5.31. The van der Waals surface area contributed by atoms with E-state index in [4.69, 9.17) is 24.4 Å². The van der Waals surface area contributed by atoms with E-state index < -0.39 is 0 Å². The molecule has 0 bridgehead atoms. The number of methoxy groups -OCH3 is 1. The van der Waals surface area contributed by atoms with Gasteiger partial charge in [-0.2, -0.15) is 0 Å². The molecule has 0 atom stereocenters. The fourth-order valence-electron chi connectivity index (χ4n) is 3.88. The minimum Gasteiger partial charge on any atom is -0.494 e. The van der Waals surface area contributed by atoms with E-state index in [1.54, 1.807) is 13.2 Å². The Kier molecular flexibility index (Phi) is 10.1. The molecule has 0 saturated carbocycles. The molecule has 1 amide bonds. The number of likely N-dealkylation sites (tertiary alicyclic amines) is 1. The first-order valence-electron chi connectivity index (χ1n) is 12.2. The van der Waals surface area contributed by atoms with Gasteiger partial charge in [0.05, 0.1) is 26.9 Å². The average molecular weight is 469 g/mol. The molecule has 1 aliphatic heterocycles. The Balaban J connectivity index is 1.36. The zero-order chi connectivity index (χ0) is 24.2. The second-order valence-corrected chi connectivity index (χ2v) is 8.26. The van der Waals surface area contributed by atoms with Crippen molar-refractivity contribution in [3.8, 4) is 17.2 Å². The number of nitrogens with one attached hydrogen (secondary N) is 1. The highest BCUT2D eigenvalue weighted by Gasteiger charge is 2.19. The first-order chi connectivity index (χ1) is 16.6. The number of unbranched alkanes of at least 4 members (excludes halogenated alkanes) is 2. The molecule has 1 aliphatic rings. The molecule has 0 radical (unpaired) electrons. The van der Waals surface area contributed by atoms with Gasteiger partial charge >= 0.3 is 0 Å². The highest BCUT2D eigenvalue weighted by atomic mass is 16.5. The quantitative estimate of drug-likeness (QED) is 0.259. The van der Waals surface area contributed by atoms with E-state index in [0.29, 0.717) is 36.9 Å². The lowest BCUT2D eigenvalue weighted by Gasteiger charge is -2.27. The molecule has 0 aromatic heterocycles. The van der Waals surface area contributed by atoms with E-state index in [1.807, 2.05) is 48.2 Å². The van der Waals surface area contributed by atoms with Crippen molar-refractivity contribution < 1.29 is 23.7 Å². The normalized spacial score (nSPS) is 13.3. The van der Waals surface area contributed by atoms with Crippen LogP contribution in [0.5, 0.6) is 17.2 Å². The highest BCUT2D eigenvalue weighted by molar-refractivity contribution is 5.95. The summed E-state index contributed by atoms with van der Waals surface area (Å²) in [5.41, 5.74) is 1.39. The number of carbonyl (C=O) groups excluding carboxylic acids is 1. The number of hydrogen-bond acceptors (Lipinski definition) is 6. The number of amides is 1. The van der Waals surface area contributed by atoms with Crippen LogP contribution in [0.1, 0.15) is 61.4 Å². The Bertz CT molecular complexity index is 923. The SMILES string of the molecule is CCOC(=N)c1ccc(OCCCCCOc2ccc(C(=O)N3CCCCC3)cc2OC)cc1. The molecule has 1 heterocycles. The van der Waals surface area contributed by atoms with Crippen molar-refractivity contribution in [1.82, 2.24) is 4.90 Å². The van der Waals surface area contributed by atoms with Crippen molar-refractivity contribution in [3.05, 3.63) is 53.6 Å². The number of rotatable bonds is 12. The van der Waals surface area contributed by atoms with Gasteiger partial charge in [-0.15, -0.1) is 0 Å². The molecule has 0 aliphatic carbocycles. The molecule has 1 saturated heterocycles. The van der Waals surface area contributed by atoms with Gasteiger partial charge in [0.1, 0.15) is 5.75 Å². The van der Waals surface area contributed by atoms with E-state index >= 15 is 0 Å². The lowest BCUT2D eigenvalue weighted by atomic mass is 10.1. The van der Waals surface area contributed by atoms with Crippen molar-refractivity contribution >= 4 is 11.8 Å². The fourth-order valence-corrected chi connectivity index (χ4v) is 3.88. The molecule has 34 heavy (non-hydrogen) atoms. The first kappa shape index (κ1) is 25.4. The maximum absolute atomic E-state index is 12.7. The Morgan fingerprint density at radius 1 is 0.882 bits per heavy atom. The maximum atomic E-state index is 12.7. The van der Waals surface area contributed by atoms with Gasteiger partial charge < -0.3 is 23.8 Å². The minimum absolute atomic E-state index is 0.0618. The number of carbonyl (C=O) groups is 1. The third kappa shape index (κ3) is 7.40. The third-order valence-electron chi connectivity index (χ3n) is 5.77. The number of nitrogens with zero attached hydrogens (tertiary/aromatic N) is 1. The van der Waals surface area contributed by atoms with Crippen LogP contribution in [0.2, 0.25) is 0 Å². The molecular weight excluding hydrogens is 432 g/mol. The Morgan fingerprint density at radius 3 is 2.24 bits per heavy atom. The molecule has 2 aromatic rings. The predicted molar refractivity (Wildman–Crippen MR) is 132 cm³/mol. The van der Waals surface area contributed by atoms with Crippen molar-refractivity contribution in [3.63, 3.8) is 0 Å². The highest BCUT2D eigenvalue weighted by Crippen LogP contribution is 2.29. The standard InChI is InChI=1S/C27H36N2O5/c1-3-32-26(28)21-10-13-23(14-11-21)33-18-8-5-9-19-34-24-15-12-22(20-25(24)31-2)27(30)29-16-6-4-7-17-29/h10-15,20,28H,3-9,16-19H2,1-2H3. The number of piperidine rings is 1. The summed E-state index contributed by atoms with van der Waals surface area (Å²) in [7, 11) is 1.60. The summed E-state index contributed by atoms with van der Waals surface area (Å²) in [5.74, 6) is 2.27. The summed E-state index contributed by atoms with van der Waals surface area (Å²) < 4.78 is 22.4. The summed E-state index contributed by atoms with van der Waals surface area (Å²) in [6.45, 7) is 5.20. The zero-order valence-electron chi connectivity index (χ0n) is 20.3. The van der Waals surface area contributed by atoms with Gasteiger partial charge in [0.2, 0.25) is 5.90 Å². The number of ether oxygens (including phenoxy) is 4. The summed E-state index contributed by atoms with van der Waals surface area (Å²) in [5, 5.41) is 7.79. The van der Waals surface area contributed by atoms with Gasteiger partial charge in [0.15, 0.2) is 11.5 Å². The summed E-state index contributed by atoms with van der Waals surface area (Å²) >= 11 is 0. The van der Waals surface area contributed by atoms with Crippen molar-refractivity contribution in [1.29, 1.82) is 5.41 Å². The van der Waals surface area contributed by atoms with Crippen LogP contribution in [0.15, 0.2) is 42.5 Å². The van der Waals surface area contributed by atoms with Gasteiger partial charge in [-0.25, -0.2) is 0 Å². The Hall–Kier alpha value is -3.22. The average Bonchev–Trinajstić information content (AvgIpc) is 2.88. The van der Waals surface area contributed by atoms with Crippen LogP contribution in [0.25, 0.3) is 0 Å².